The lowest BCUT2D eigenvalue weighted by molar-refractivity contribution is -0.156. The molecule has 0 saturated heterocycles. The second-order valence-corrected chi connectivity index (χ2v) is 3.35. The fourth-order valence-electron chi connectivity index (χ4n) is 0.912. The third-order valence-electron chi connectivity index (χ3n) is 1.94. The largest absolute Gasteiger partial charge is 0.453 e. The molecule has 0 aliphatic carbocycles. The zero-order valence-corrected chi connectivity index (χ0v) is 9.49. The minimum Gasteiger partial charge on any atom is -0.453 e. The standard InChI is InChI=1S/C10H17NO4/c1-5-9(11-8(4)13)10(14)15-7(3)6(2)12/h7,9H,5H2,1-4H3,(H,11,13)/t7-,9-/m0/s1. The van der Waals surface area contributed by atoms with Crippen LogP contribution >= 0.6 is 0 Å². The minimum absolute atomic E-state index is 0.221. The number of amides is 1. The first kappa shape index (κ1) is 13.6. The summed E-state index contributed by atoms with van der Waals surface area (Å²) in [5.74, 6) is -1.09. The van der Waals surface area contributed by atoms with Crippen LogP contribution in [0.2, 0.25) is 0 Å². The molecule has 5 heteroatoms. The van der Waals surface area contributed by atoms with Crippen molar-refractivity contribution >= 4 is 17.7 Å². The molecule has 0 unspecified atom stereocenters. The number of carbonyl (C=O) groups is 3. The van der Waals surface area contributed by atoms with Gasteiger partial charge in [0.05, 0.1) is 0 Å². The molecule has 0 aliphatic heterocycles. The van der Waals surface area contributed by atoms with Crippen molar-refractivity contribution in [2.24, 2.45) is 0 Å². The molecule has 0 aromatic carbocycles. The molecular weight excluding hydrogens is 198 g/mol. The van der Waals surface area contributed by atoms with E-state index in [0.717, 1.165) is 0 Å². The van der Waals surface area contributed by atoms with E-state index >= 15 is 0 Å². The molecule has 0 aliphatic rings. The molecule has 5 nitrogen and oxygen atoms in total. The van der Waals surface area contributed by atoms with Crippen molar-refractivity contribution in [1.82, 2.24) is 5.32 Å². The van der Waals surface area contributed by atoms with Gasteiger partial charge in [-0.25, -0.2) is 4.79 Å². The van der Waals surface area contributed by atoms with E-state index in [-0.39, 0.29) is 11.7 Å². The average Bonchev–Trinajstić information content (AvgIpc) is 2.13. The molecule has 1 amide bonds. The van der Waals surface area contributed by atoms with Gasteiger partial charge in [0, 0.05) is 6.92 Å². The van der Waals surface area contributed by atoms with Crippen molar-refractivity contribution in [2.45, 2.75) is 46.3 Å². The molecule has 0 aromatic heterocycles. The highest BCUT2D eigenvalue weighted by Gasteiger charge is 2.22. The predicted molar refractivity (Wildman–Crippen MR) is 54.1 cm³/mol. The molecule has 2 atom stereocenters. The van der Waals surface area contributed by atoms with E-state index in [9.17, 15) is 14.4 Å². The Morgan fingerprint density at radius 1 is 1.27 bits per heavy atom. The first-order valence-corrected chi connectivity index (χ1v) is 4.86. The van der Waals surface area contributed by atoms with Crippen molar-refractivity contribution in [3.8, 4) is 0 Å². The Balaban J connectivity index is 4.27. The van der Waals surface area contributed by atoms with Crippen LogP contribution in [0.25, 0.3) is 0 Å². The van der Waals surface area contributed by atoms with Crippen LogP contribution < -0.4 is 5.32 Å². The maximum Gasteiger partial charge on any atom is 0.329 e. The first-order chi connectivity index (χ1) is 6.88. The number of rotatable bonds is 5. The van der Waals surface area contributed by atoms with Crippen molar-refractivity contribution in [3.63, 3.8) is 0 Å². The highest BCUT2D eigenvalue weighted by atomic mass is 16.5. The monoisotopic (exact) mass is 215 g/mol. The maximum atomic E-state index is 11.4. The Morgan fingerprint density at radius 3 is 2.13 bits per heavy atom. The lowest BCUT2D eigenvalue weighted by Gasteiger charge is -2.17. The molecule has 86 valence electrons. The van der Waals surface area contributed by atoms with Crippen LogP contribution in [0.5, 0.6) is 0 Å². The van der Waals surface area contributed by atoms with Crippen molar-refractivity contribution in [1.29, 1.82) is 0 Å². The van der Waals surface area contributed by atoms with E-state index in [1.165, 1.54) is 20.8 Å². The van der Waals surface area contributed by atoms with Gasteiger partial charge in [0.15, 0.2) is 11.9 Å². The normalized spacial score (nSPS) is 13.9. The molecule has 0 spiro atoms. The van der Waals surface area contributed by atoms with Gasteiger partial charge in [-0.05, 0) is 20.3 Å². The smallest absolute Gasteiger partial charge is 0.329 e. The minimum atomic E-state index is -0.764. The quantitative estimate of drug-likeness (QED) is 0.675. The van der Waals surface area contributed by atoms with Crippen LogP contribution in [-0.4, -0.2) is 29.8 Å². The topological polar surface area (TPSA) is 72.5 Å². The van der Waals surface area contributed by atoms with Gasteiger partial charge in [0.1, 0.15) is 6.04 Å². The van der Waals surface area contributed by atoms with E-state index in [4.69, 9.17) is 4.74 Å². The van der Waals surface area contributed by atoms with Crippen molar-refractivity contribution in [3.05, 3.63) is 0 Å². The summed E-state index contributed by atoms with van der Waals surface area (Å²) in [4.78, 5) is 33.0. The summed E-state index contributed by atoms with van der Waals surface area (Å²) >= 11 is 0. The van der Waals surface area contributed by atoms with Crippen LogP contribution in [0.15, 0.2) is 0 Å². The lowest BCUT2D eigenvalue weighted by Crippen LogP contribution is -2.42. The Kier molecular flexibility index (Phi) is 5.59. The summed E-state index contributed by atoms with van der Waals surface area (Å²) in [5, 5.41) is 2.45. The number of ether oxygens (including phenoxy) is 1. The van der Waals surface area contributed by atoms with E-state index in [2.05, 4.69) is 5.32 Å². The molecular formula is C10H17NO4. The summed E-state index contributed by atoms with van der Waals surface area (Å²) in [6.07, 6.45) is -0.330. The van der Waals surface area contributed by atoms with E-state index in [0.29, 0.717) is 6.42 Å². The van der Waals surface area contributed by atoms with Gasteiger partial charge in [-0.1, -0.05) is 6.92 Å². The first-order valence-electron chi connectivity index (χ1n) is 4.86. The predicted octanol–water partition coefficient (Wildman–Crippen LogP) is 0.422. The molecule has 0 aromatic rings. The Bertz CT molecular complexity index is 262. The molecule has 0 heterocycles. The number of Topliss-reactive ketones (excluding diaryl/α,β-unsaturated/α-hetero) is 1. The third kappa shape index (κ3) is 5.15. The number of hydrogen-bond donors (Lipinski definition) is 1. The highest BCUT2D eigenvalue weighted by Crippen LogP contribution is 2.00. The Morgan fingerprint density at radius 2 is 1.80 bits per heavy atom. The fourth-order valence-corrected chi connectivity index (χ4v) is 0.912. The number of carbonyl (C=O) groups excluding carboxylic acids is 3. The number of esters is 1. The van der Waals surface area contributed by atoms with Gasteiger partial charge < -0.3 is 10.1 Å². The van der Waals surface area contributed by atoms with Crippen LogP contribution in [0.4, 0.5) is 0 Å². The van der Waals surface area contributed by atoms with E-state index < -0.39 is 18.1 Å². The summed E-state index contributed by atoms with van der Waals surface area (Å²) in [6.45, 7) is 5.92. The van der Waals surface area contributed by atoms with Gasteiger partial charge in [0.25, 0.3) is 0 Å². The molecule has 15 heavy (non-hydrogen) atoms. The summed E-state index contributed by atoms with van der Waals surface area (Å²) in [7, 11) is 0. The molecule has 0 rings (SSSR count). The summed E-state index contributed by atoms with van der Waals surface area (Å²) < 4.78 is 4.86. The summed E-state index contributed by atoms with van der Waals surface area (Å²) in [5.41, 5.74) is 0. The maximum absolute atomic E-state index is 11.4. The summed E-state index contributed by atoms with van der Waals surface area (Å²) in [6, 6.07) is -0.677. The van der Waals surface area contributed by atoms with Crippen molar-refractivity contribution < 1.29 is 19.1 Å². The lowest BCUT2D eigenvalue weighted by atomic mass is 10.2. The third-order valence-corrected chi connectivity index (χ3v) is 1.94. The SMILES string of the molecule is CC[C@H](NC(C)=O)C(=O)O[C@@H](C)C(C)=O. The Labute approximate surface area is 89.2 Å². The fraction of sp³-hybridized carbons (Fsp3) is 0.700. The van der Waals surface area contributed by atoms with Gasteiger partial charge in [-0.3, -0.25) is 9.59 Å². The van der Waals surface area contributed by atoms with Gasteiger partial charge in [0.2, 0.25) is 5.91 Å². The number of ketones is 1. The molecule has 0 saturated carbocycles. The molecule has 0 radical (unpaired) electrons. The van der Waals surface area contributed by atoms with Gasteiger partial charge in [-0.15, -0.1) is 0 Å². The second-order valence-electron chi connectivity index (χ2n) is 3.35. The molecule has 0 bridgehead atoms. The van der Waals surface area contributed by atoms with Gasteiger partial charge >= 0.3 is 5.97 Å². The van der Waals surface area contributed by atoms with Crippen LogP contribution in [0.1, 0.15) is 34.1 Å². The molecule has 0 fully saturated rings. The zero-order chi connectivity index (χ0) is 12.0. The zero-order valence-electron chi connectivity index (χ0n) is 9.49. The van der Waals surface area contributed by atoms with E-state index in [1.807, 2.05) is 0 Å². The van der Waals surface area contributed by atoms with Crippen molar-refractivity contribution in [2.75, 3.05) is 0 Å². The second kappa shape index (κ2) is 6.16. The van der Waals surface area contributed by atoms with E-state index in [1.54, 1.807) is 6.92 Å². The van der Waals surface area contributed by atoms with Crippen LogP contribution in [-0.2, 0) is 19.1 Å². The highest BCUT2D eigenvalue weighted by molar-refractivity contribution is 5.86. The number of nitrogens with one attached hydrogen (secondary N) is 1. The van der Waals surface area contributed by atoms with Gasteiger partial charge in [-0.2, -0.15) is 0 Å². The Hall–Kier alpha value is -1.39. The van der Waals surface area contributed by atoms with Crippen LogP contribution in [0.3, 0.4) is 0 Å². The molecule has 1 N–H and O–H groups in total. The number of hydrogen-bond acceptors (Lipinski definition) is 4. The van der Waals surface area contributed by atoms with Crippen LogP contribution in [0, 0.1) is 0 Å². The average molecular weight is 215 g/mol.